The summed E-state index contributed by atoms with van der Waals surface area (Å²) in [5.74, 6) is 3.82. The molecule has 0 amide bonds. The van der Waals surface area contributed by atoms with Crippen molar-refractivity contribution in [1.82, 2.24) is 4.57 Å². The molecule has 222 valence electrons. The number of allylic oxidation sites excluding steroid dienone is 10. The molecule has 11 rings (SSSR count). The van der Waals surface area contributed by atoms with E-state index >= 15 is 0 Å². The van der Waals surface area contributed by atoms with Gasteiger partial charge in [0.05, 0.1) is 22.8 Å². The molecule has 5 heteroatoms. The van der Waals surface area contributed by atoms with Crippen molar-refractivity contribution in [3.63, 3.8) is 0 Å². The first-order chi connectivity index (χ1) is 22.8. The van der Waals surface area contributed by atoms with Gasteiger partial charge in [0.25, 0.3) is 0 Å². The van der Waals surface area contributed by atoms with Crippen LogP contribution < -0.4 is 19.8 Å². The van der Waals surface area contributed by atoms with Gasteiger partial charge in [-0.05, 0) is 85.0 Å². The van der Waals surface area contributed by atoms with Crippen LogP contribution in [0.25, 0.3) is 27.5 Å². The minimum atomic E-state index is 0.112. The zero-order valence-corrected chi connectivity index (χ0v) is 25.6. The molecule has 0 spiro atoms. The average molecular weight is 597 g/mol. The standard InChI is InChI=1S/C41H33BN2O2/c1-2-11-25(12-3-1)44-35-23-26(43-33-17-7-4-13-27(33)28-14-5-8-18-34(28)43)21-22-29(35)30-24-38-39-41(40(30)44)46-37-20-10-16-32(37)42(39)31-15-6-9-19-36(31)45-38/h1-2,4-5,7-11,13-14,16-19,21-24,29,31,35-36H,3,6,12,15,20H2. The van der Waals surface area contributed by atoms with Crippen molar-refractivity contribution in [1.29, 1.82) is 0 Å². The lowest BCUT2D eigenvalue weighted by molar-refractivity contribution is 0.222. The van der Waals surface area contributed by atoms with E-state index in [0.717, 1.165) is 49.4 Å². The van der Waals surface area contributed by atoms with Gasteiger partial charge in [-0.25, -0.2) is 0 Å². The summed E-state index contributed by atoms with van der Waals surface area (Å²) in [5.41, 5.74) is 10.3. The third-order valence-corrected chi connectivity index (χ3v) is 11.4. The summed E-state index contributed by atoms with van der Waals surface area (Å²) >= 11 is 0. The van der Waals surface area contributed by atoms with E-state index in [1.807, 2.05) is 0 Å². The smallest absolute Gasteiger partial charge is 0.230 e. The van der Waals surface area contributed by atoms with Crippen molar-refractivity contribution in [2.45, 2.75) is 56.0 Å². The first-order valence-electron chi connectivity index (χ1n) is 17.0. The normalized spacial score (nSPS) is 26.3. The fourth-order valence-electron chi connectivity index (χ4n) is 9.51. The molecule has 0 saturated heterocycles. The van der Waals surface area contributed by atoms with Crippen LogP contribution in [0, 0.1) is 0 Å². The fourth-order valence-corrected chi connectivity index (χ4v) is 9.51. The molecule has 0 bridgehead atoms. The summed E-state index contributed by atoms with van der Waals surface area (Å²) in [4.78, 5) is 2.63. The van der Waals surface area contributed by atoms with E-state index in [2.05, 4.69) is 125 Å². The summed E-state index contributed by atoms with van der Waals surface area (Å²) in [6.45, 7) is 0.311. The molecule has 0 radical (unpaired) electrons. The van der Waals surface area contributed by atoms with Crippen molar-refractivity contribution < 1.29 is 9.47 Å². The van der Waals surface area contributed by atoms with Gasteiger partial charge in [0.1, 0.15) is 23.4 Å². The molecule has 4 aliphatic carbocycles. The second-order valence-electron chi connectivity index (χ2n) is 13.7. The van der Waals surface area contributed by atoms with Crippen LogP contribution in [0.5, 0.6) is 11.5 Å². The Balaban J connectivity index is 1.14. The monoisotopic (exact) mass is 596 g/mol. The number of anilines is 1. The quantitative estimate of drug-likeness (QED) is 0.171. The summed E-state index contributed by atoms with van der Waals surface area (Å²) in [7, 11) is 0. The topological polar surface area (TPSA) is 26.6 Å². The highest BCUT2D eigenvalue weighted by Gasteiger charge is 2.52. The van der Waals surface area contributed by atoms with Crippen molar-refractivity contribution in [2.75, 3.05) is 4.90 Å². The Kier molecular flexibility index (Phi) is 5.13. The predicted molar refractivity (Wildman–Crippen MR) is 188 cm³/mol. The third kappa shape index (κ3) is 3.30. The summed E-state index contributed by atoms with van der Waals surface area (Å²) in [5, 5.41) is 2.58. The highest BCUT2D eigenvalue weighted by Crippen LogP contribution is 2.57. The Bertz CT molecular complexity index is 2190. The van der Waals surface area contributed by atoms with Crippen LogP contribution in [0.3, 0.4) is 0 Å². The van der Waals surface area contributed by atoms with E-state index in [0.29, 0.717) is 12.5 Å². The second kappa shape index (κ2) is 9.32. The number of fused-ring (bicyclic) bond motifs is 10. The molecule has 0 N–H and O–H groups in total. The highest BCUT2D eigenvalue weighted by atomic mass is 16.5. The number of nitrogens with zero attached hydrogens (tertiary/aromatic N) is 2. The van der Waals surface area contributed by atoms with E-state index in [-0.39, 0.29) is 18.1 Å². The molecule has 1 aromatic heterocycles. The minimum absolute atomic E-state index is 0.112. The zero-order chi connectivity index (χ0) is 29.9. The van der Waals surface area contributed by atoms with Gasteiger partial charge >= 0.3 is 0 Å². The largest absolute Gasteiger partial charge is 0.487 e. The van der Waals surface area contributed by atoms with Gasteiger partial charge < -0.3 is 18.9 Å². The van der Waals surface area contributed by atoms with Gasteiger partial charge in [-0.3, -0.25) is 0 Å². The zero-order valence-electron chi connectivity index (χ0n) is 25.6. The maximum atomic E-state index is 7.05. The Morgan fingerprint density at radius 3 is 2.54 bits per heavy atom. The Hall–Kier alpha value is -4.90. The lowest BCUT2D eigenvalue weighted by Crippen LogP contribution is -2.51. The molecular weight excluding hydrogens is 563 g/mol. The van der Waals surface area contributed by atoms with E-state index in [1.54, 1.807) is 0 Å². The van der Waals surface area contributed by atoms with Gasteiger partial charge in [-0.15, -0.1) is 0 Å². The van der Waals surface area contributed by atoms with Crippen molar-refractivity contribution >= 4 is 45.4 Å². The van der Waals surface area contributed by atoms with Gasteiger partial charge in [0.15, 0.2) is 0 Å². The molecule has 4 aromatic rings. The van der Waals surface area contributed by atoms with Crippen LogP contribution >= 0.6 is 0 Å². The van der Waals surface area contributed by atoms with Gasteiger partial charge in [0.2, 0.25) is 6.71 Å². The lowest BCUT2D eigenvalue weighted by atomic mass is 9.29. The molecule has 4 atom stereocenters. The summed E-state index contributed by atoms with van der Waals surface area (Å²) in [6.07, 6.45) is 28.7. The van der Waals surface area contributed by atoms with E-state index < -0.39 is 0 Å². The highest BCUT2D eigenvalue weighted by molar-refractivity contribution is 6.84. The van der Waals surface area contributed by atoms with Crippen LogP contribution in [-0.4, -0.2) is 23.4 Å². The molecule has 3 aliphatic heterocycles. The van der Waals surface area contributed by atoms with Crippen LogP contribution in [0.4, 0.5) is 5.69 Å². The molecule has 46 heavy (non-hydrogen) atoms. The fraction of sp³-hybridized carbons (Fsp3) is 0.220. The maximum Gasteiger partial charge on any atom is 0.230 e. The van der Waals surface area contributed by atoms with E-state index in [4.69, 9.17) is 9.47 Å². The van der Waals surface area contributed by atoms with Crippen LogP contribution in [0.15, 0.2) is 132 Å². The maximum absolute atomic E-state index is 7.05. The number of ether oxygens (including phenoxy) is 2. The van der Waals surface area contributed by atoms with Crippen molar-refractivity contribution in [3.8, 4) is 11.5 Å². The molecule has 4 nitrogen and oxygen atoms in total. The number of para-hydroxylation sites is 2. The molecular formula is C41H33BN2O2. The molecule has 3 aromatic carbocycles. The van der Waals surface area contributed by atoms with Crippen LogP contribution in [-0.2, 0) is 0 Å². The minimum Gasteiger partial charge on any atom is -0.487 e. The first kappa shape index (κ1) is 25.3. The Morgan fingerprint density at radius 2 is 1.72 bits per heavy atom. The number of aromatic nitrogens is 1. The first-order valence-corrected chi connectivity index (χ1v) is 17.0. The number of benzene rings is 3. The molecule has 7 aliphatic rings. The van der Waals surface area contributed by atoms with Crippen LogP contribution in [0.2, 0.25) is 5.82 Å². The van der Waals surface area contributed by atoms with Gasteiger partial charge in [-0.2, -0.15) is 0 Å². The van der Waals surface area contributed by atoms with Crippen LogP contribution in [0.1, 0.15) is 43.6 Å². The van der Waals surface area contributed by atoms with E-state index in [1.165, 1.54) is 55.4 Å². The van der Waals surface area contributed by atoms with Gasteiger partial charge in [0, 0.05) is 40.0 Å². The van der Waals surface area contributed by atoms with Gasteiger partial charge in [-0.1, -0.05) is 72.9 Å². The van der Waals surface area contributed by atoms with Crippen molar-refractivity contribution in [3.05, 3.63) is 138 Å². The summed E-state index contributed by atoms with van der Waals surface area (Å²) in [6, 6.07) is 20.1. The van der Waals surface area contributed by atoms with E-state index in [9.17, 15) is 0 Å². The average Bonchev–Trinajstić information content (AvgIpc) is 3.81. The molecule has 4 heterocycles. The number of hydrogen-bond acceptors (Lipinski definition) is 3. The molecule has 0 fully saturated rings. The second-order valence-corrected chi connectivity index (χ2v) is 13.7. The Labute approximate surface area is 269 Å². The Morgan fingerprint density at radius 1 is 0.870 bits per heavy atom. The van der Waals surface area contributed by atoms with Crippen molar-refractivity contribution in [2.24, 2.45) is 0 Å². The number of hydrogen-bond donors (Lipinski definition) is 0. The molecule has 0 saturated carbocycles. The lowest BCUT2D eigenvalue weighted by Gasteiger charge is -2.43. The summed E-state index contributed by atoms with van der Waals surface area (Å²) < 4.78 is 16.4. The SMILES string of the molecule is C1=CCCC(N2c3c(cc4c5c3OC3=C(C=CC3)B5C3CCC=CC3O4)C3C=CC(n4c5ccccc5c5ccccc54)=CC32)=C1. The molecule has 4 unspecified atom stereocenters. The third-order valence-electron chi connectivity index (χ3n) is 11.4. The number of rotatable bonds is 2. The predicted octanol–water partition coefficient (Wildman–Crippen LogP) is 8.74.